The molecule has 0 saturated carbocycles. The normalized spacial score (nSPS) is 11.3. The molecule has 0 fully saturated rings. The Hall–Kier alpha value is -1.38. The van der Waals surface area contributed by atoms with Gasteiger partial charge in [-0.3, -0.25) is 0 Å². The predicted octanol–water partition coefficient (Wildman–Crippen LogP) is 3.99. The van der Waals surface area contributed by atoms with Crippen molar-refractivity contribution in [2.24, 2.45) is 5.92 Å². The van der Waals surface area contributed by atoms with Crippen molar-refractivity contribution >= 4 is 10.8 Å². The van der Waals surface area contributed by atoms with Gasteiger partial charge in [-0.1, -0.05) is 50.2 Å². The number of ether oxygens (including phenoxy) is 1. The van der Waals surface area contributed by atoms with Gasteiger partial charge in [0.2, 0.25) is 0 Å². The van der Waals surface area contributed by atoms with Crippen LogP contribution in [0.15, 0.2) is 42.5 Å². The van der Waals surface area contributed by atoms with Gasteiger partial charge >= 0.3 is 0 Å². The summed E-state index contributed by atoms with van der Waals surface area (Å²) in [7, 11) is 0. The van der Waals surface area contributed by atoms with Gasteiger partial charge in [-0.25, -0.2) is 0 Å². The lowest BCUT2D eigenvalue weighted by atomic mass is 10.1. The van der Waals surface area contributed by atoms with Crippen LogP contribution in [-0.2, 0) is 11.3 Å². The van der Waals surface area contributed by atoms with Crippen LogP contribution in [0, 0.1) is 5.92 Å². The molecule has 0 saturated heterocycles. The summed E-state index contributed by atoms with van der Waals surface area (Å²) in [5, 5.41) is 6.03. The molecule has 2 nitrogen and oxygen atoms in total. The molecule has 20 heavy (non-hydrogen) atoms. The number of benzene rings is 2. The van der Waals surface area contributed by atoms with E-state index in [1.54, 1.807) is 0 Å². The van der Waals surface area contributed by atoms with Crippen molar-refractivity contribution in [3.05, 3.63) is 48.0 Å². The van der Waals surface area contributed by atoms with E-state index in [2.05, 4.69) is 61.6 Å². The summed E-state index contributed by atoms with van der Waals surface area (Å²) >= 11 is 0. The molecule has 0 aromatic heterocycles. The first-order valence-corrected chi connectivity index (χ1v) is 7.52. The number of nitrogens with one attached hydrogen (secondary N) is 1. The highest BCUT2D eigenvalue weighted by atomic mass is 16.5. The van der Waals surface area contributed by atoms with Crippen molar-refractivity contribution in [2.75, 3.05) is 19.8 Å². The molecule has 0 aliphatic heterocycles. The Morgan fingerprint density at radius 3 is 2.60 bits per heavy atom. The summed E-state index contributed by atoms with van der Waals surface area (Å²) in [6.45, 7) is 7.92. The average molecular weight is 271 g/mol. The summed E-state index contributed by atoms with van der Waals surface area (Å²) < 4.78 is 5.59. The van der Waals surface area contributed by atoms with Crippen molar-refractivity contribution < 1.29 is 4.74 Å². The van der Waals surface area contributed by atoms with Crippen molar-refractivity contribution in [1.82, 2.24) is 5.32 Å². The lowest BCUT2D eigenvalue weighted by Gasteiger charge is -2.08. The fraction of sp³-hybridized carbons (Fsp3) is 0.444. The van der Waals surface area contributed by atoms with Crippen molar-refractivity contribution in [3.8, 4) is 0 Å². The minimum absolute atomic E-state index is 0.723. The molecule has 2 rings (SSSR count). The summed E-state index contributed by atoms with van der Waals surface area (Å²) in [6, 6.07) is 15.1. The van der Waals surface area contributed by atoms with Crippen LogP contribution in [0.5, 0.6) is 0 Å². The van der Waals surface area contributed by atoms with E-state index < -0.39 is 0 Å². The maximum atomic E-state index is 5.59. The van der Waals surface area contributed by atoms with E-state index in [4.69, 9.17) is 4.74 Å². The van der Waals surface area contributed by atoms with E-state index in [9.17, 15) is 0 Å². The second-order valence-corrected chi connectivity index (χ2v) is 5.65. The smallest absolute Gasteiger partial charge is 0.0591 e. The minimum Gasteiger partial charge on any atom is -0.380 e. The number of hydrogen-bond acceptors (Lipinski definition) is 2. The molecule has 0 aliphatic carbocycles. The summed E-state index contributed by atoms with van der Waals surface area (Å²) in [4.78, 5) is 0. The van der Waals surface area contributed by atoms with E-state index >= 15 is 0 Å². The van der Waals surface area contributed by atoms with Gasteiger partial charge in [-0.05, 0) is 34.7 Å². The van der Waals surface area contributed by atoms with Crippen LogP contribution in [0.1, 0.15) is 25.8 Å². The number of hydrogen-bond donors (Lipinski definition) is 1. The molecule has 108 valence electrons. The van der Waals surface area contributed by atoms with Crippen LogP contribution in [0.2, 0.25) is 0 Å². The Morgan fingerprint density at radius 1 is 1.00 bits per heavy atom. The Morgan fingerprint density at radius 2 is 1.80 bits per heavy atom. The predicted molar refractivity (Wildman–Crippen MR) is 85.9 cm³/mol. The monoisotopic (exact) mass is 271 g/mol. The molecule has 0 atom stereocenters. The second-order valence-electron chi connectivity index (χ2n) is 5.65. The van der Waals surface area contributed by atoms with Gasteiger partial charge in [0.05, 0.1) is 6.61 Å². The van der Waals surface area contributed by atoms with Gasteiger partial charge < -0.3 is 10.1 Å². The van der Waals surface area contributed by atoms with E-state index in [0.717, 1.165) is 38.6 Å². The minimum atomic E-state index is 0.723. The third-order valence-corrected chi connectivity index (χ3v) is 3.41. The van der Waals surface area contributed by atoms with Crippen LogP contribution in [0.25, 0.3) is 10.8 Å². The van der Waals surface area contributed by atoms with E-state index in [1.165, 1.54) is 16.3 Å². The highest BCUT2D eigenvalue weighted by Gasteiger charge is 1.97. The first-order valence-electron chi connectivity index (χ1n) is 7.52. The molecular weight excluding hydrogens is 246 g/mol. The Kier molecular flexibility index (Phi) is 6.03. The molecule has 0 spiro atoms. The van der Waals surface area contributed by atoms with Gasteiger partial charge in [-0.2, -0.15) is 0 Å². The van der Waals surface area contributed by atoms with Gasteiger partial charge in [0.15, 0.2) is 0 Å². The first-order chi connectivity index (χ1) is 9.75. The third kappa shape index (κ3) is 4.95. The lowest BCUT2D eigenvalue weighted by molar-refractivity contribution is 0.125. The van der Waals surface area contributed by atoms with Crippen LogP contribution in [0.3, 0.4) is 0 Å². The third-order valence-electron chi connectivity index (χ3n) is 3.41. The van der Waals surface area contributed by atoms with Gasteiger partial charge in [-0.15, -0.1) is 0 Å². The zero-order chi connectivity index (χ0) is 14.2. The molecule has 0 amide bonds. The zero-order valence-corrected chi connectivity index (χ0v) is 12.6. The Labute approximate surface area is 122 Å². The topological polar surface area (TPSA) is 21.3 Å². The van der Waals surface area contributed by atoms with Gasteiger partial charge in [0.1, 0.15) is 0 Å². The standard InChI is InChI=1S/C18H25NO/c1-15(2)9-11-20-12-10-19-14-16-7-8-17-5-3-4-6-18(17)13-16/h3-8,13,15,19H,9-12,14H2,1-2H3. The molecular formula is C18H25NO. The maximum Gasteiger partial charge on any atom is 0.0591 e. The summed E-state index contributed by atoms with van der Waals surface area (Å²) in [5.41, 5.74) is 1.32. The van der Waals surface area contributed by atoms with Crippen LogP contribution in [0.4, 0.5) is 0 Å². The lowest BCUT2D eigenvalue weighted by Crippen LogP contribution is -2.19. The van der Waals surface area contributed by atoms with Gasteiger partial charge in [0.25, 0.3) is 0 Å². The molecule has 2 heteroatoms. The zero-order valence-electron chi connectivity index (χ0n) is 12.6. The molecule has 0 bridgehead atoms. The van der Waals surface area contributed by atoms with Crippen LogP contribution >= 0.6 is 0 Å². The number of rotatable bonds is 8. The maximum absolute atomic E-state index is 5.59. The molecule has 0 unspecified atom stereocenters. The van der Waals surface area contributed by atoms with E-state index in [-0.39, 0.29) is 0 Å². The molecule has 1 N–H and O–H groups in total. The molecule has 0 aliphatic rings. The van der Waals surface area contributed by atoms with Crippen molar-refractivity contribution in [3.63, 3.8) is 0 Å². The van der Waals surface area contributed by atoms with Gasteiger partial charge in [0, 0.05) is 19.7 Å². The highest BCUT2D eigenvalue weighted by molar-refractivity contribution is 5.82. The van der Waals surface area contributed by atoms with Crippen LogP contribution in [-0.4, -0.2) is 19.8 Å². The molecule has 0 radical (unpaired) electrons. The SMILES string of the molecule is CC(C)CCOCCNCc1ccc2ccccc2c1. The highest BCUT2D eigenvalue weighted by Crippen LogP contribution is 2.15. The summed E-state index contributed by atoms with van der Waals surface area (Å²) in [6.07, 6.45) is 1.14. The Bertz CT molecular complexity index is 522. The first kappa shape index (κ1) is 15.0. The fourth-order valence-electron chi connectivity index (χ4n) is 2.15. The van der Waals surface area contributed by atoms with E-state index in [0.29, 0.717) is 0 Å². The average Bonchev–Trinajstić information content (AvgIpc) is 2.46. The molecule has 0 heterocycles. The second kappa shape index (κ2) is 8.03. The van der Waals surface area contributed by atoms with Crippen molar-refractivity contribution in [2.45, 2.75) is 26.8 Å². The Balaban J connectivity index is 1.68. The largest absolute Gasteiger partial charge is 0.380 e. The summed E-state index contributed by atoms with van der Waals surface area (Å²) in [5.74, 6) is 0.723. The molecule has 2 aromatic carbocycles. The van der Waals surface area contributed by atoms with Crippen molar-refractivity contribution in [1.29, 1.82) is 0 Å². The number of fused-ring (bicyclic) bond motifs is 1. The van der Waals surface area contributed by atoms with E-state index in [1.807, 2.05) is 0 Å². The quantitative estimate of drug-likeness (QED) is 0.733. The fourth-order valence-corrected chi connectivity index (χ4v) is 2.15. The van der Waals surface area contributed by atoms with Crippen LogP contribution < -0.4 is 5.32 Å². The molecule has 2 aromatic rings.